The van der Waals surface area contributed by atoms with E-state index in [1.807, 2.05) is 18.2 Å². The molecule has 0 aromatic heterocycles. The molecular weight excluding hydrogens is 253 g/mol. The molecule has 104 valence electrons. The summed E-state index contributed by atoms with van der Waals surface area (Å²) in [5, 5.41) is 10.8. The molecule has 1 amide bonds. The van der Waals surface area contributed by atoms with Gasteiger partial charge in [-0.25, -0.2) is 14.0 Å². The molecule has 0 saturated heterocycles. The number of rotatable bonds is 6. The number of carboxylic acids is 1. The topological polar surface area (TPSA) is 75.6 Å². The maximum Gasteiger partial charge on any atom is 0.407 e. The van der Waals surface area contributed by atoms with Gasteiger partial charge in [-0.2, -0.15) is 0 Å². The summed E-state index contributed by atoms with van der Waals surface area (Å²) in [7, 11) is 0. The Kier molecular flexibility index (Phi) is 5.78. The van der Waals surface area contributed by atoms with Gasteiger partial charge in [0, 0.05) is 12.5 Å². The summed E-state index contributed by atoms with van der Waals surface area (Å²) >= 11 is 0. The van der Waals surface area contributed by atoms with Gasteiger partial charge in [-0.3, -0.25) is 0 Å². The zero-order chi connectivity index (χ0) is 14.3. The van der Waals surface area contributed by atoms with Gasteiger partial charge in [-0.15, -0.1) is 0 Å². The third kappa shape index (κ3) is 5.37. The van der Waals surface area contributed by atoms with E-state index in [0.717, 1.165) is 5.56 Å². The predicted octanol–water partition coefficient (Wildman–Crippen LogP) is 1.97. The van der Waals surface area contributed by atoms with Gasteiger partial charge in [-0.1, -0.05) is 37.3 Å². The van der Waals surface area contributed by atoms with Gasteiger partial charge in [0.2, 0.25) is 6.17 Å². The zero-order valence-corrected chi connectivity index (χ0v) is 10.5. The Morgan fingerprint density at radius 1 is 1.37 bits per heavy atom. The molecule has 0 radical (unpaired) electrons. The summed E-state index contributed by atoms with van der Waals surface area (Å²) in [6, 6.07) is 9.09. The standard InChI is InChI=1S/C13H16FNO4/c1-9(11(14)12(16)17)7-15-13(18)19-8-10-5-3-2-4-6-10/h2-6,9,11H,7-8H2,1H3,(H,15,18)(H,16,17). The van der Waals surface area contributed by atoms with E-state index >= 15 is 0 Å². The van der Waals surface area contributed by atoms with Crippen LogP contribution in [0.4, 0.5) is 9.18 Å². The van der Waals surface area contributed by atoms with Crippen LogP contribution in [0.25, 0.3) is 0 Å². The van der Waals surface area contributed by atoms with E-state index in [1.165, 1.54) is 6.92 Å². The number of carbonyl (C=O) groups excluding carboxylic acids is 1. The van der Waals surface area contributed by atoms with Crippen LogP contribution < -0.4 is 5.32 Å². The van der Waals surface area contributed by atoms with Gasteiger partial charge < -0.3 is 15.2 Å². The molecule has 0 aliphatic heterocycles. The molecule has 2 atom stereocenters. The van der Waals surface area contributed by atoms with Crippen LogP contribution in [0.3, 0.4) is 0 Å². The molecule has 5 nitrogen and oxygen atoms in total. The first-order chi connectivity index (χ1) is 9.00. The largest absolute Gasteiger partial charge is 0.479 e. The molecule has 0 aliphatic rings. The lowest BCUT2D eigenvalue weighted by molar-refractivity contribution is -0.144. The summed E-state index contributed by atoms with van der Waals surface area (Å²) < 4.78 is 17.9. The molecule has 1 aromatic rings. The SMILES string of the molecule is CC(CNC(=O)OCc1ccccc1)C(F)C(=O)O. The minimum Gasteiger partial charge on any atom is -0.479 e. The van der Waals surface area contributed by atoms with E-state index in [9.17, 15) is 14.0 Å². The number of hydrogen-bond donors (Lipinski definition) is 2. The predicted molar refractivity (Wildman–Crippen MR) is 66.3 cm³/mol. The molecule has 0 bridgehead atoms. The Bertz CT molecular complexity index is 424. The third-order valence-corrected chi connectivity index (χ3v) is 2.52. The molecule has 1 aromatic carbocycles. The lowest BCUT2D eigenvalue weighted by atomic mass is 10.1. The molecule has 2 N–H and O–H groups in total. The van der Waals surface area contributed by atoms with E-state index in [0.29, 0.717) is 0 Å². The van der Waals surface area contributed by atoms with Crippen LogP contribution in [0.1, 0.15) is 12.5 Å². The van der Waals surface area contributed by atoms with Gasteiger partial charge in [0.15, 0.2) is 0 Å². The number of aliphatic carboxylic acids is 1. The van der Waals surface area contributed by atoms with Crippen LogP contribution >= 0.6 is 0 Å². The quantitative estimate of drug-likeness (QED) is 0.828. The van der Waals surface area contributed by atoms with Crippen molar-refractivity contribution in [2.75, 3.05) is 6.54 Å². The van der Waals surface area contributed by atoms with Crippen molar-refractivity contribution < 1.29 is 23.8 Å². The van der Waals surface area contributed by atoms with E-state index in [1.54, 1.807) is 12.1 Å². The second-order valence-corrected chi connectivity index (χ2v) is 4.16. The monoisotopic (exact) mass is 269 g/mol. The highest BCUT2D eigenvalue weighted by Crippen LogP contribution is 2.06. The minimum atomic E-state index is -2.01. The zero-order valence-electron chi connectivity index (χ0n) is 10.5. The lowest BCUT2D eigenvalue weighted by Crippen LogP contribution is -2.35. The second-order valence-electron chi connectivity index (χ2n) is 4.16. The Balaban J connectivity index is 2.27. The van der Waals surface area contributed by atoms with E-state index in [2.05, 4.69) is 5.32 Å². The lowest BCUT2D eigenvalue weighted by Gasteiger charge is -2.13. The van der Waals surface area contributed by atoms with E-state index in [-0.39, 0.29) is 13.2 Å². The highest BCUT2D eigenvalue weighted by atomic mass is 19.1. The fourth-order valence-electron chi connectivity index (χ4n) is 1.37. The van der Waals surface area contributed by atoms with Gasteiger partial charge in [0.25, 0.3) is 0 Å². The number of carboxylic acid groups (broad SMARTS) is 1. The number of amides is 1. The van der Waals surface area contributed by atoms with Crippen molar-refractivity contribution in [3.8, 4) is 0 Å². The van der Waals surface area contributed by atoms with Crippen LogP contribution in [0.5, 0.6) is 0 Å². The molecule has 6 heteroatoms. The Morgan fingerprint density at radius 3 is 2.58 bits per heavy atom. The van der Waals surface area contributed by atoms with Crippen molar-refractivity contribution >= 4 is 12.1 Å². The number of alkyl halides is 1. The summed E-state index contributed by atoms with van der Waals surface area (Å²) in [5.74, 6) is -2.35. The first-order valence-electron chi connectivity index (χ1n) is 5.82. The van der Waals surface area contributed by atoms with Gasteiger partial charge >= 0.3 is 12.1 Å². The Hall–Kier alpha value is -2.11. The van der Waals surface area contributed by atoms with E-state index in [4.69, 9.17) is 9.84 Å². The number of nitrogens with one attached hydrogen (secondary N) is 1. The van der Waals surface area contributed by atoms with Crippen LogP contribution in [-0.2, 0) is 16.1 Å². The fraction of sp³-hybridized carbons (Fsp3) is 0.385. The van der Waals surface area contributed by atoms with Crippen LogP contribution in [0.2, 0.25) is 0 Å². The molecule has 0 heterocycles. The van der Waals surface area contributed by atoms with Crippen molar-refractivity contribution in [3.63, 3.8) is 0 Å². The smallest absolute Gasteiger partial charge is 0.407 e. The molecule has 2 unspecified atom stereocenters. The summed E-state index contributed by atoms with van der Waals surface area (Å²) in [6.07, 6.45) is -2.71. The average molecular weight is 269 g/mol. The van der Waals surface area contributed by atoms with Crippen LogP contribution in [0.15, 0.2) is 30.3 Å². The number of ether oxygens (including phenoxy) is 1. The third-order valence-electron chi connectivity index (χ3n) is 2.52. The molecule has 0 aliphatic carbocycles. The molecular formula is C13H16FNO4. The second kappa shape index (κ2) is 7.35. The van der Waals surface area contributed by atoms with Crippen LogP contribution in [0, 0.1) is 5.92 Å². The minimum absolute atomic E-state index is 0.0961. The molecule has 1 rings (SSSR count). The van der Waals surface area contributed by atoms with Crippen molar-refractivity contribution in [3.05, 3.63) is 35.9 Å². The number of hydrogen-bond acceptors (Lipinski definition) is 3. The molecule has 0 spiro atoms. The summed E-state index contributed by atoms with van der Waals surface area (Å²) in [6.45, 7) is 1.41. The number of benzene rings is 1. The number of halogens is 1. The van der Waals surface area contributed by atoms with Gasteiger partial charge in [-0.05, 0) is 5.56 Å². The Labute approximate surface area is 110 Å². The summed E-state index contributed by atoms with van der Waals surface area (Å²) in [5.41, 5.74) is 0.833. The van der Waals surface area contributed by atoms with E-state index < -0.39 is 24.2 Å². The first-order valence-corrected chi connectivity index (χ1v) is 5.82. The number of carbonyl (C=O) groups is 2. The van der Waals surface area contributed by atoms with Crippen molar-refractivity contribution in [1.29, 1.82) is 0 Å². The van der Waals surface area contributed by atoms with Crippen molar-refractivity contribution in [2.24, 2.45) is 5.92 Å². The molecule has 0 saturated carbocycles. The molecule has 19 heavy (non-hydrogen) atoms. The van der Waals surface area contributed by atoms with Crippen molar-refractivity contribution in [2.45, 2.75) is 19.7 Å². The summed E-state index contributed by atoms with van der Waals surface area (Å²) in [4.78, 5) is 21.7. The highest BCUT2D eigenvalue weighted by molar-refractivity contribution is 5.72. The maximum absolute atomic E-state index is 13.0. The number of alkyl carbamates (subject to hydrolysis) is 1. The molecule has 0 fully saturated rings. The van der Waals surface area contributed by atoms with Crippen molar-refractivity contribution in [1.82, 2.24) is 5.32 Å². The highest BCUT2D eigenvalue weighted by Gasteiger charge is 2.24. The normalized spacial score (nSPS) is 13.4. The van der Waals surface area contributed by atoms with Gasteiger partial charge in [0.05, 0.1) is 0 Å². The maximum atomic E-state index is 13.0. The van der Waals surface area contributed by atoms with Gasteiger partial charge in [0.1, 0.15) is 6.61 Å². The Morgan fingerprint density at radius 2 is 2.00 bits per heavy atom. The van der Waals surface area contributed by atoms with Crippen LogP contribution in [-0.4, -0.2) is 29.9 Å². The average Bonchev–Trinajstić information content (AvgIpc) is 2.42. The first kappa shape index (κ1) is 14.9. The fourth-order valence-corrected chi connectivity index (χ4v) is 1.37.